The number of carboxylic acids is 1. The summed E-state index contributed by atoms with van der Waals surface area (Å²) >= 11 is 0. The van der Waals surface area contributed by atoms with Crippen LogP contribution in [0, 0.1) is 0 Å². The highest BCUT2D eigenvalue weighted by Crippen LogP contribution is 2.41. The fourth-order valence-electron chi connectivity index (χ4n) is 0.866. The Labute approximate surface area is 90.2 Å². The van der Waals surface area contributed by atoms with Crippen LogP contribution in [0.2, 0.25) is 0 Å². The molecule has 0 fully saturated rings. The molecule has 0 aliphatic heterocycles. The van der Waals surface area contributed by atoms with E-state index in [1.807, 2.05) is 0 Å². The van der Waals surface area contributed by atoms with Crippen LogP contribution < -0.4 is 5.09 Å². The van der Waals surface area contributed by atoms with Crippen molar-refractivity contribution in [2.24, 2.45) is 4.74 Å². The Hall–Kier alpha value is -0.420. The molecule has 0 saturated heterocycles. The number of hydrogen-bond acceptors (Lipinski definition) is 4. The Morgan fingerprint density at radius 3 is 2.60 bits per heavy atom. The minimum atomic E-state index is -2.18. The molecule has 0 aliphatic carbocycles. The van der Waals surface area contributed by atoms with E-state index in [4.69, 9.17) is 14.4 Å². The number of ether oxygens (including phenoxy) is 1. The molecule has 0 aromatic carbocycles. The molecule has 2 atom stereocenters. The Bertz CT molecular complexity index is 257. The number of rotatable bonds is 7. The summed E-state index contributed by atoms with van der Waals surface area (Å²) in [5, 5.41) is 11.6. The molecule has 6 nitrogen and oxygen atoms in total. The molecule has 0 radical (unpaired) electrons. The first-order chi connectivity index (χ1) is 6.95. The summed E-state index contributed by atoms with van der Waals surface area (Å²) in [6.07, 6.45) is 0. The number of hydrogen-bond donors (Lipinski definition) is 2. The van der Waals surface area contributed by atoms with Crippen molar-refractivity contribution in [2.45, 2.75) is 13.0 Å². The van der Waals surface area contributed by atoms with Crippen molar-refractivity contribution in [1.29, 1.82) is 0 Å². The lowest BCUT2D eigenvalue weighted by molar-refractivity contribution is -0.138. The smallest absolute Gasteiger partial charge is 0.320 e. The zero-order chi connectivity index (χ0) is 11.9. The molecule has 15 heavy (non-hydrogen) atoms. The lowest BCUT2D eigenvalue weighted by Crippen LogP contribution is -2.32. The molecule has 7 heteroatoms. The summed E-state index contributed by atoms with van der Waals surface area (Å²) in [4.78, 5) is 10.7. The fraction of sp³-hybridized carbons (Fsp3) is 0.875. The van der Waals surface area contributed by atoms with Crippen molar-refractivity contribution >= 4 is 13.4 Å². The van der Waals surface area contributed by atoms with Gasteiger partial charge in [0.2, 0.25) is 0 Å². The average Bonchev–Trinajstić information content (AvgIpc) is 2.18. The van der Waals surface area contributed by atoms with Crippen LogP contribution in [0.25, 0.3) is 0 Å². The highest BCUT2D eigenvalue weighted by molar-refractivity contribution is 7.58. The van der Waals surface area contributed by atoms with Gasteiger partial charge in [-0.15, -0.1) is 0 Å². The standard InChI is InChI=1S/C8H19N2O4P/c1-7(8(11)12)10-15(4,9-2)14-6-5-13-3/h7,10H,5-6H2,1-4H3,(H,11,12). The van der Waals surface area contributed by atoms with E-state index in [-0.39, 0.29) is 0 Å². The third kappa shape index (κ3) is 5.89. The third-order valence-corrected chi connectivity index (χ3v) is 4.13. The van der Waals surface area contributed by atoms with Crippen LogP contribution in [0.4, 0.5) is 0 Å². The molecule has 0 aliphatic rings. The van der Waals surface area contributed by atoms with Gasteiger partial charge in [0.05, 0.1) is 13.2 Å². The highest BCUT2D eigenvalue weighted by Gasteiger charge is 2.20. The van der Waals surface area contributed by atoms with Crippen LogP contribution in [0.5, 0.6) is 0 Å². The number of nitrogens with one attached hydrogen (secondary N) is 1. The summed E-state index contributed by atoms with van der Waals surface area (Å²) in [7, 11) is 1.02. The zero-order valence-electron chi connectivity index (χ0n) is 9.56. The lowest BCUT2D eigenvalue weighted by Gasteiger charge is -2.23. The second kappa shape index (κ2) is 6.95. The van der Waals surface area contributed by atoms with Crippen LogP contribution in [0.15, 0.2) is 4.74 Å². The first-order valence-electron chi connectivity index (χ1n) is 4.57. The van der Waals surface area contributed by atoms with Crippen molar-refractivity contribution < 1.29 is 19.2 Å². The maximum atomic E-state index is 10.7. The van der Waals surface area contributed by atoms with E-state index in [9.17, 15) is 4.79 Å². The first kappa shape index (κ1) is 14.6. The van der Waals surface area contributed by atoms with E-state index < -0.39 is 19.4 Å². The Kier molecular flexibility index (Phi) is 6.76. The molecule has 90 valence electrons. The Balaban J connectivity index is 4.26. The van der Waals surface area contributed by atoms with Gasteiger partial charge in [-0.05, 0) is 6.92 Å². The minimum absolute atomic E-state index is 0.400. The average molecular weight is 238 g/mol. The number of aliphatic carboxylic acids is 1. The van der Waals surface area contributed by atoms with Crippen LogP contribution in [-0.4, -0.2) is 51.2 Å². The summed E-state index contributed by atoms with van der Waals surface area (Å²) in [6.45, 7) is 4.21. The van der Waals surface area contributed by atoms with E-state index in [0.717, 1.165) is 0 Å². The quantitative estimate of drug-likeness (QED) is 0.511. The highest BCUT2D eigenvalue weighted by atomic mass is 31.2. The maximum absolute atomic E-state index is 10.7. The maximum Gasteiger partial charge on any atom is 0.320 e. The lowest BCUT2D eigenvalue weighted by atomic mass is 10.4. The topological polar surface area (TPSA) is 80.2 Å². The number of nitrogens with zero attached hydrogens (tertiary/aromatic N) is 1. The number of carboxylic acid groups (broad SMARTS) is 1. The Morgan fingerprint density at radius 2 is 2.20 bits per heavy atom. The predicted octanol–water partition coefficient (Wildman–Crippen LogP) is 1.00. The molecule has 0 amide bonds. The van der Waals surface area contributed by atoms with Crippen LogP contribution >= 0.6 is 7.43 Å². The summed E-state index contributed by atoms with van der Waals surface area (Å²) < 4.78 is 14.4. The van der Waals surface area contributed by atoms with E-state index in [0.29, 0.717) is 13.2 Å². The largest absolute Gasteiger partial charge is 0.480 e. The minimum Gasteiger partial charge on any atom is -0.480 e. The van der Waals surface area contributed by atoms with Gasteiger partial charge >= 0.3 is 5.97 Å². The third-order valence-electron chi connectivity index (χ3n) is 1.82. The summed E-state index contributed by atoms with van der Waals surface area (Å²) in [5.41, 5.74) is 0. The first-order valence-corrected chi connectivity index (χ1v) is 6.68. The van der Waals surface area contributed by atoms with Gasteiger partial charge in [-0.3, -0.25) is 9.54 Å². The molecule has 2 unspecified atom stereocenters. The molecular formula is C8H19N2O4P. The molecule has 0 spiro atoms. The van der Waals surface area contributed by atoms with E-state index >= 15 is 0 Å². The van der Waals surface area contributed by atoms with Crippen molar-refractivity contribution in [3.05, 3.63) is 0 Å². The summed E-state index contributed by atoms with van der Waals surface area (Å²) in [5.74, 6) is -0.916. The number of carbonyl (C=O) groups is 1. The van der Waals surface area contributed by atoms with Gasteiger partial charge in [-0.2, -0.15) is 0 Å². The molecule has 0 aromatic heterocycles. The van der Waals surface area contributed by atoms with Gasteiger partial charge in [0.15, 0.2) is 0 Å². The van der Waals surface area contributed by atoms with Crippen LogP contribution in [-0.2, 0) is 14.1 Å². The van der Waals surface area contributed by atoms with Crippen molar-refractivity contribution in [3.63, 3.8) is 0 Å². The van der Waals surface area contributed by atoms with Gasteiger partial charge in [0.25, 0.3) is 0 Å². The molecule has 0 rings (SSSR count). The SMILES string of the molecule is CN=P(C)(NC(C)C(=O)O)OCCOC. The van der Waals surface area contributed by atoms with Crippen LogP contribution in [0.1, 0.15) is 6.92 Å². The monoisotopic (exact) mass is 238 g/mol. The van der Waals surface area contributed by atoms with E-state index in [1.54, 1.807) is 27.7 Å². The van der Waals surface area contributed by atoms with E-state index in [2.05, 4.69) is 9.83 Å². The van der Waals surface area contributed by atoms with Gasteiger partial charge in [-0.1, -0.05) is 0 Å². The molecule has 0 saturated carbocycles. The van der Waals surface area contributed by atoms with Crippen molar-refractivity contribution in [3.8, 4) is 0 Å². The molecule has 0 heterocycles. The van der Waals surface area contributed by atoms with Crippen molar-refractivity contribution in [2.75, 3.05) is 34.0 Å². The second-order valence-electron chi connectivity index (χ2n) is 3.09. The molecular weight excluding hydrogens is 219 g/mol. The predicted molar refractivity (Wildman–Crippen MR) is 59.3 cm³/mol. The fourth-order valence-corrected chi connectivity index (χ4v) is 2.43. The normalized spacial score (nSPS) is 16.8. The molecule has 0 aromatic rings. The van der Waals surface area contributed by atoms with Gasteiger partial charge in [0.1, 0.15) is 13.5 Å². The van der Waals surface area contributed by atoms with Crippen molar-refractivity contribution in [1.82, 2.24) is 5.09 Å². The van der Waals surface area contributed by atoms with Gasteiger partial charge < -0.3 is 14.4 Å². The second-order valence-corrected chi connectivity index (χ2v) is 5.77. The van der Waals surface area contributed by atoms with E-state index in [1.165, 1.54) is 0 Å². The zero-order valence-corrected chi connectivity index (χ0v) is 10.5. The van der Waals surface area contributed by atoms with Gasteiger partial charge in [0, 0.05) is 20.8 Å². The van der Waals surface area contributed by atoms with Gasteiger partial charge in [-0.25, -0.2) is 5.09 Å². The number of methoxy groups -OCH3 is 1. The summed E-state index contributed by atoms with van der Waals surface area (Å²) in [6, 6.07) is -0.672. The molecule has 2 N–H and O–H groups in total. The Morgan fingerprint density at radius 1 is 1.60 bits per heavy atom. The molecule has 0 bridgehead atoms. The van der Waals surface area contributed by atoms with Crippen LogP contribution in [0.3, 0.4) is 0 Å².